The zero-order valence-corrected chi connectivity index (χ0v) is 11.9. The molecule has 3 atom stereocenters. The van der Waals surface area contributed by atoms with Gasteiger partial charge in [0.1, 0.15) is 0 Å². The predicted molar refractivity (Wildman–Crippen MR) is 77.1 cm³/mol. The first-order chi connectivity index (χ1) is 9.99. The van der Waals surface area contributed by atoms with E-state index in [0.717, 1.165) is 5.56 Å². The van der Waals surface area contributed by atoms with Crippen LogP contribution in [0.2, 0.25) is 0 Å². The second kappa shape index (κ2) is 6.58. The molecule has 1 heterocycles. The fraction of sp³-hybridized carbons (Fsp3) is 0.467. The van der Waals surface area contributed by atoms with Gasteiger partial charge in [-0.3, -0.25) is 4.79 Å². The second-order valence-corrected chi connectivity index (χ2v) is 5.37. The molecule has 1 amide bonds. The van der Waals surface area contributed by atoms with Gasteiger partial charge >= 0.3 is 12.1 Å². The van der Waals surface area contributed by atoms with Crippen molar-refractivity contribution in [2.75, 3.05) is 13.1 Å². The molecule has 0 spiro atoms. The summed E-state index contributed by atoms with van der Waals surface area (Å²) in [4.78, 5) is 23.7. The van der Waals surface area contributed by atoms with Gasteiger partial charge in [-0.05, 0) is 18.9 Å². The minimum Gasteiger partial charge on any atom is -0.481 e. The number of carbonyl (C=O) groups is 2. The van der Waals surface area contributed by atoms with Gasteiger partial charge < -0.3 is 20.4 Å². The molecule has 0 aromatic heterocycles. The smallest absolute Gasteiger partial charge is 0.407 e. The molecule has 1 saturated heterocycles. The number of aliphatic carboxylic acids is 1. The molecule has 2 unspecified atom stereocenters. The fourth-order valence-electron chi connectivity index (χ4n) is 2.75. The van der Waals surface area contributed by atoms with Gasteiger partial charge in [-0.25, -0.2) is 4.79 Å². The van der Waals surface area contributed by atoms with E-state index in [-0.39, 0.29) is 25.2 Å². The highest BCUT2D eigenvalue weighted by Crippen LogP contribution is 2.22. The molecule has 3 N–H and O–H groups in total. The highest BCUT2D eigenvalue weighted by Gasteiger charge is 2.36. The first-order valence-electron chi connectivity index (χ1n) is 7.00. The average Bonchev–Trinajstić information content (AvgIpc) is 2.47. The molecule has 0 radical (unpaired) electrons. The van der Waals surface area contributed by atoms with E-state index in [9.17, 15) is 14.7 Å². The topological polar surface area (TPSA) is 89.9 Å². The van der Waals surface area contributed by atoms with E-state index < -0.39 is 18.0 Å². The average molecular weight is 292 g/mol. The van der Waals surface area contributed by atoms with E-state index in [1.807, 2.05) is 37.3 Å². The molecule has 6 nitrogen and oxygen atoms in total. The van der Waals surface area contributed by atoms with Gasteiger partial charge in [-0.15, -0.1) is 0 Å². The summed E-state index contributed by atoms with van der Waals surface area (Å²) in [6, 6.07) is 9.27. The molecule has 1 aliphatic heterocycles. The number of nitrogens with zero attached hydrogens (tertiary/aromatic N) is 1. The molecule has 0 aliphatic carbocycles. The number of nitrogens with one attached hydrogen (secondary N) is 1. The number of rotatable bonds is 4. The standard InChI is InChI=1S/C15H20N2O4/c1-10(11-5-3-2-4-6-11)16-13-9-17(15(20)21)8-7-12(13)14(18)19/h2-6,10,12-13,16H,7-9H2,1H3,(H,18,19)(H,20,21)/t10-,12?,13?/m1/s1. The summed E-state index contributed by atoms with van der Waals surface area (Å²) >= 11 is 0. The van der Waals surface area contributed by atoms with E-state index in [4.69, 9.17) is 5.11 Å². The SMILES string of the molecule is C[C@@H](NC1CN(C(=O)O)CCC1C(=O)O)c1ccccc1. The van der Waals surface area contributed by atoms with Crippen LogP contribution in [0.25, 0.3) is 0 Å². The summed E-state index contributed by atoms with van der Waals surface area (Å²) in [7, 11) is 0. The first kappa shape index (κ1) is 15.3. The Hall–Kier alpha value is -2.08. The Bertz CT molecular complexity index is 506. The lowest BCUT2D eigenvalue weighted by atomic mass is 9.90. The number of hydrogen-bond donors (Lipinski definition) is 3. The third-order valence-corrected chi connectivity index (χ3v) is 3.96. The maximum atomic E-state index is 11.4. The largest absolute Gasteiger partial charge is 0.481 e. The maximum Gasteiger partial charge on any atom is 0.407 e. The minimum atomic E-state index is -1.00. The van der Waals surface area contributed by atoms with Crippen LogP contribution in [0, 0.1) is 5.92 Å². The maximum absolute atomic E-state index is 11.4. The molecular weight excluding hydrogens is 272 g/mol. The predicted octanol–water partition coefficient (Wildman–Crippen LogP) is 1.79. The number of likely N-dealkylation sites (tertiary alicyclic amines) is 1. The van der Waals surface area contributed by atoms with Crippen molar-refractivity contribution in [1.82, 2.24) is 10.2 Å². The van der Waals surface area contributed by atoms with Crippen molar-refractivity contribution in [1.29, 1.82) is 0 Å². The molecule has 21 heavy (non-hydrogen) atoms. The van der Waals surface area contributed by atoms with Crippen molar-refractivity contribution >= 4 is 12.1 Å². The molecule has 114 valence electrons. The van der Waals surface area contributed by atoms with Crippen molar-refractivity contribution in [2.24, 2.45) is 5.92 Å². The van der Waals surface area contributed by atoms with Gasteiger partial charge in [0, 0.05) is 25.2 Å². The van der Waals surface area contributed by atoms with Crippen LogP contribution in [0.3, 0.4) is 0 Å². The summed E-state index contributed by atoms with van der Waals surface area (Å²) in [6.45, 7) is 2.42. The Balaban J connectivity index is 2.09. The highest BCUT2D eigenvalue weighted by molar-refractivity contribution is 5.72. The Morgan fingerprint density at radius 3 is 2.52 bits per heavy atom. The number of hydrogen-bond acceptors (Lipinski definition) is 3. The summed E-state index contributed by atoms with van der Waals surface area (Å²) in [6.07, 6.45) is -0.668. The van der Waals surface area contributed by atoms with Crippen molar-refractivity contribution in [3.05, 3.63) is 35.9 Å². The van der Waals surface area contributed by atoms with Crippen LogP contribution >= 0.6 is 0 Å². The Labute approximate surface area is 123 Å². The van der Waals surface area contributed by atoms with E-state index in [0.29, 0.717) is 6.42 Å². The number of carboxylic acid groups (broad SMARTS) is 2. The van der Waals surface area contributed by atoms with Crippen molar-refractivity contribution in [3.63, 3.8) is 0 Å². The van der Waals surface area contributed by atoms with E-state index in [1.54, 1.807) is 0 Å². The summed E-state index contributed by atoms with van der Waals surface area (Å²) < 4.78 is 0. The summed E-state index contributed by atoms with van der Waals surface area (Å²) in [5.74, 6) is -1.44. The first-order valence-corrected chi connectivity index (χ1v) is 7.00. The van der Waals surface area contributed by atoms with E-state index in [2.05, 4.69) is 5.32 Å². The monoisotopic (exact) mass is 292 g/mol. The molecule has 1 aliphatic rings. The third-order valence-electron chi connectivity index (χ3n) is 3.96. The molecule has 2 rings (SSSR count). The van der Waals surface area contributed by atoms with Gasteiger partial charge in [-0.2, -0.15) is 0 Å². The molecule has 0 bridgehead atoms. The summed E-state index contributed by atoms with van der Waals surface area (Å²) in [5, 5.41) is 21.7. The number of benzene rings is 1. The van der Waals surface area contributed by atoms with Crippen molar-refractivity contribution in [3.8, 4) is 0 Å². The van der Waals surface area contributed by atoms with Crippen LogP contribution in [-0.4, -0.2) is 46.3 Å². The van der Waals surface area contributed by atoms with E-state index >= 15 is 0 Å². The van der Waals surface area contributed by atoms with Crippen LogP contribution in [-0.2, 0) is 4.79 Å². The molecule has 1 fully saturated rings. The van der Waals surface area contributed by atoms with Crippen LogP contribution in [0.1, 0.15) is 24.9 Å². The molecule has 0 saturated carbocycles. The molecule has 6 heteroatoms. The van der Waals surface area contributed by atoms with Crippen LogP contribution in [0.15, 0.2) is 30.3 Å². The highest BCUT2D eigenvalue weighted by atomic mass is 16.4. The summed E-state index contributed by atoms with van der Waals surface area (Å²) in [5.41, 5.74) is 1.05. The number of carboxylic acids is 1. The van der Waals surface area contributed by atoms with E-state index in [1.165, 1.54) is 4.90 Å². The lowest BCUT2D eigenvalue weighted by Gasteiger charge is -2.37. The Morgan fingerprint density at radius 2 is 1.95 bits per heavy atom. The quantitative estimate of drug-likeness (QED) is 0.787. The van der Waals surface area contributed by atoms with Gasteiger partial charge in [0.15, 0.2) is 0 Å². The second-order valence-electron chi connectivity index (χ2n) is 5.37. The normalized spacial score (nSPS) is 23.6. The zero-order valence-electron chi connectivity index (χ0n) is 11.9. The Morgan fingerprint density at radius 1 is 1.29 bits per heavy atom. The van der Waals surface area contributed by atoms with Crippen molar-refractivity contribution < 1.29 is 19.8 Å². The number of piperidine rings is 1. The third kappa shape index (κ3) is 3.72. The van der Waals surface area contributed by atoms with Crippen molar-refractivity contribution in [2.45, 2.75) is 25.4 Å². The molecule has 1 aromatic rings. The van der Waals surface area contributed by atoms with Gasteiger partial charge in [0.05, 0.1) is 5.92 Å². The van der Waals surface area contributed by atoms with Gasteiger partial charge in [-0.1, -0.05) is 30.3 Å². The Kier molecular flexibility index (Phi) is 4.80. The lowest BCUT2D eigenvalue weighted by molar-refractivity contribution is -0.144. The fourth-order valence-corrected chi connectivity index (χ4v) is 2.75. The molecule has 1 aromatic carbocycles. The lowest BCUT2D eigenvalue weighted by Crippen LogP contribution is -2.54. The zero-order chi connectivity index (χ0) is 15.4. The minimum absolute atomic E-state index is 0.0354. The van der Waals surface area contributed by atoms with Gasteiger partial charge in [0.2, 0.25) is 0 Å². The number of amides is 1. The van der Waals surface area contributed by atoms with Gasteiger partial charge in [0.25, 0.3) is 0 Å². The molecular formula is C15H20N2O4. The van der Waals surface area contributed by atoms with Crippen LogP contribution < -0.4 is 5.32 Å². The van der Waals surface area contributed by atoms with Crippen LogP contribution in [0.5, 0.6) is 0 Å². The van der Waals surface area contributed by atoms with Crippen LogP contribution in [0.4, 0.5) is 4.79 Å².